The Morgan fingerprint density at radius 3 is 2.18 bits per heavy atom. The molecule has 156 valence electrons. The van der Waals surface area contributed by atoms with Crippen molar-refractivity contribution in [1.82, 2.24) is 0 Å². The Morgan fingerprint density at radius 2 is 1.71 bits per heavy atom. The number of hydrogen-bond acceptors (Lipinski definition) is 4. The SMILES string of the molecule is COC(C)(C)C(COc1ccccc1)COC(C)(C)C.O=CC1=CCCC=C1. The number of allylic oxidation sites excluding steroid dienone is 4. The molecule has 0 saturated carbocycles. The maximum atomic E-state index is 10.0. The largest absolute Gasteiger partial charge is 0.493 e. The van der Waals surface area contributed by atoms with Crippen LogP contribution in [0.5, 0.6) is 5.75 Å². The van der Waals surface area contributed by atoms with Crippen LogP contribution >= 0.6 is 0 Å². The van der Waals surface area contributed by atoms with Crippen LogP contribution in [0.2, 0.25) is 0 Å². The van der Waals surface area contributed by atoms with E-state index in [9.17, 15) is 4.79 Å². The first-order valence-corrected chi connectivity index (χ1v) is 9.87. The Bertz CT molecular complexity index is 624. The number of ether oxygens (including phenoxy) is 3. The molecule has 0 amide bonds. The summed E-state index contributed by atoms with van der Waals surface area (Å²) in [6.07, 6.45) is 8.81. The van der Waals surface area contributed by atoms with E-state index >= 15 is 0 Å². The van der Waals surface area contributed by atoms with E-state index in [0.29, 0.717) is 13.2 Å². The van der Waals surface area contributed by atoms with Crippen LogP contribution < -0.4 is 4.74 Å². The summed E-state index contributed by atoms with van der Waals surface area (Å²) in [6.45, 7) is 11.5. The summed E-state index contributed by atoms with van der Waals surface area (Å²) in [5.74, 6) is 1.03. The molecule has 4 nitrogen and oxygen atoms in total. The molecule has 0 N–H and O–H groups in total. The molecule has 0 saturated heterocycles. The first-order chi connectivity index (χ1) is 13.2. The van der Waals surface area contributed by atoms with Gasteiger partial charge in [0, 0.05) is 18.6 Å². The Kier molecular flexibility index (Phi) is 10.2. The van der Waals surface area contributed by atoms with E-state index in [1.165, 1.54) is 0 Å². The van der Waals surface area contributed by atoms with Gasteiger partial charge in [-0.2, -0.15) is 0 Å². The van der Waals surface area contributed by atoms with Gasteiger partial charge in [-0.05, 0) is 59.6 Å². The summed E-state index contributed by atoms with van der Waals surface area (Å²) in [5, 5.41) is 0. The van der Waals surface area contributed by atoms with Gasteiger partial charge in [-0.25, -0.2) is 0 Å². The summed E-state index contributed by atoms with van der Waals surface area (Å²) in [4.78, 5) is 10.0. The van der Waals surface area contributed by atoms with Crippen LogP contribution in [0.1, 0.15) is 47.5 Å². The van der Waals surface area contributed by atoms with Gasteiger partial charge in [-0.3, -0.25) is 4.79 Å². The van der Waals surface area contributed by atoms with E-state index < -0.39 is 0 Å². The lowest BCUT2D eigenvalue weighted by Gasteiger charge is -2.34. The molecule has 4 heteroatoms. The lowest BCUT2D eigenvalue weighted by Crippen LogP contribution is -2.41. The van der Waals surface area contributed by atoms with Gasteiger partial charge in [-0.15, -0.1) is 0 Å². The predicted octanol–water partition coefficient (Wildman–Crippen LogP) is 5.38. The predicted molar refractivity (Wildman–Crippen MR) is 115 cm³/mol. The zero-order valence-electron chi connectivity index (χ0n) is 18.2. The Hall–Kier alpha value is -1.91. The quantitative estimate of drug-likeness (QED) is 0.561. The van der Waals surface area contributed by atoms with Crippen LogP contribution in [-0.4, -0.2) is 37.8 Å². The average Bonchev–Trinajstić information content (AvgIpc) is 2.69. The Balaban J connectivity index is 0.000000406. The minimum Gasteiger partial charge on any atom is -0.493 e. The number of carbonyl (C=O) groups excluding carboxylic acids is 1. The van der Waals surface area contributed by atoms with Crippen molar-refractivity contribution in [3.63, 3.8) is 0 Å². The molecule has 1 aliphatic carbocycles. The highest BCUT2D eigenvalue weighted by Gasteiger charge is 2.31. The Labute approximate surface area is 170 Å². The number of aldehydes is 1. The molecular formula is C24H36O4. The van der Waals surface area contributed by atoms with Gasteiger partial charge in [0.15, 0.2) is 0 Å². The van der Waals surface area contributed by atoms with Gasteiger partial charge in [0.1, 0.15) is 12.0 Å². The molecule has 0 spiro atoms. The number of hydrogen-bond donors (Lipinski definition) is 0. The number of benzene rings is 1. The van der Waals surface area contributed by atoms with E-state index in [0.717, 1.165) is 30.5 Å². The second-order valence-electron chi connectivity index (χ2n) is 8.35. The monoisotopic (exact) mass is 388 g/mol. The van der Waals surface area contributed by atoms with Crippen molar-refractivity contribution in [2.45, 2.75) is 58.7 Å². The summed E-state index contributed by atoms with van der Waals surface area (Å²) in [5.41, 5.74) is 0.366. The standard InChI is InChI=1S/C17H28O3.C7H8O/c1-16(2,3)20-13-14(17(4,5)18-6)12-19-15-10-8-7-9-11-15;8-6-7-4-2-1-3-5-7/h7-11,14H,12-13H2,1-6H3;2,4-6H,1,3H2. The Morgan fingerprint density at radius 1 is 1.04 bits per heavy atom. The number of rotatable bonds is 8. The molecular weight excluding hydrogens is 352 g/mol. The molecule has 1 aromatic rings. The summed E-state index contributed by atoms with van der Waals surface area (Å²) in [6, 6.07) is 9.84. The highest BCUT2D eigenvalue weighted by Crippen LogP contribution is 2.24. The first-order valence-electron chi connectivity index (χ1n) is 9.87. The molecule has 1 unspecified atom stereocenters. The van der Waals surface area contributed by atoms with E-state index in [-0.39, 0.29) is 17.1 Å². The average molecular weight is 389 g/mol. The zero-order valence-corrected chi connectivity index (χ0v) is 18.2. The van der Waals surface area contributed by atoms with Crippen molar-refractivity contribution in [3.05, 3.63) is 54.1 Å². The second-order valence-corrected chi connectivity index (χ2v) is 8.35. The number of methoxy groups -OCH3 is 1. The van der Waals surface area contributed by atoms with Crippen LogP contribution in [0.4, 0.5) is 0 Å². The minimum absolute atomic E-state index is 0.158. The van der Waals surface area contributed by atoms with Crippen molar-refractivity contribution >= 4 is 6.29 Å². The number of para-hydroxylation sites is 1. The lowest BCUT2D eigenvalue weighted by molar-refractivity contribution is -0.104. The topological polar surface area (TPSA) is 44.8 Å². The molecule has 0 heterocycles. The van der Waals surface area contributed by atoms with Crippen molar-refractivity contribution in [2.75, 3.05) is 20.3 Å². The van der Waals surface area contributed by atoms with E-state index in [1.807, 2.05) is 48.6 Å². The lowest BCUT2D eigenvalue weighted by atomic mass is 9.92. The maximum absolute atomic E-state index is 10.0. The molecule has 28 heavy (non-hydrogen) atoms. The van der Waals surface area contributed by atoms with Crippen molar-refractivity contribution in [2.24, 2.45) is 5.92 Å². The maximum Gasteiger partial charge on any atom is 0.149 e. The molecule has 0 fully saturated rings. The zero-order chi connectivity index (χ0) is 21.0. The highest BCUT2D eigenvalue weighted by atomic mass is 16.5. The number of carbonyl (C=O) groups is 1. The molecule has 1 atom stereocenters. The summed E-state index contributed by atoms with van der Waals surface area (Å²) < 4.78 is 17.4. The fraction of sp³-hybridized carbons (Fsp3) is 0.542. The van der Waals surface area contributed by atoms with Crippen LogP contribution in [0.3, 0.4) is 0 Å². The van der Waals surface area contributed by atoms with Gasteiger partial charge < -0.3 is 14.2 Å². The van der Waals surface area contributed by atoms with Crippen LogP contribution in [-0.2, 0) is 14.3 Å². The first kappa shape index (κ1) is 24.1. The van der Waals surface area contributed by atoms with Crippen molar-refractivity contribution in [1.29, 1.82) is 0 Å². The molecule has 1 aliphatic rings. The molecule has 0 radical (unpaired) electrons. The molecule has 0 aliphatic heterocycles. The molecule has 2 rings (SSSR count). The normalized spacial score (nSPS) is 15.1. The third-order valence-corrected chi connectivity index (χ3v) is 4.58. The van der Waals surface area contributed by atoms with Crippen LogP contribution in [0.15, 0.2) is 54.1 Å². The van der Waals surface area contributed by atoms with Gasteiger partial charge >= 0.3 is 0 Å². The summed E-state index contributed by atoms with van der Waals surface area (Å²) in [7, 11) is 1.73. The third-order valence-electron chi connectivity index (χ3n) is 4.58. The molecule has 1 aromatic carbocycles. The third kappa shape index (κ3) is 9.86. The molecule has 0 bridgehead atoms. The minimum atomic E-state index is -0.292. The van der Waals surface area contributed by atoms with Crippen LogP contribution in [0, 0.1) is 5.92 Å². The van der Waals surface area contributed by atoms with Crippen molar-refractivity contribution in [3.8, 4) is 5.75 Å². The fourth-order valence-corrected chi connectivity index (χ4v) is 2.40. The van der Waals surface area contributed by atoms with Gasteiger partial charge in [0.05, 0.1) is 24.4 Å². The van der Waals surface area contributed by atoms with Crippen LogP contribution in [0.25, 0.3) is 0 Å². The second kappa shape index (κ2) is 11.8. The van der Waals surface area contributed by atoms with Gasteiger partial charge in [0.25, 0.3) is 0 Å². The summed E-state index contributed by atoms with van der Waals surface area (Å²) >= 11 is 0. The van der Waals surface area contributed by atoms with E-state index in [2.05, 4.69) is 34.6 Å². The highest BCUT2D eigenvalue weighted by molar-refractivity contribution is 5.77. The van der Waals surface area contributed by atoms with E-state index in [4.69, 9.17) is 14.2 Å². The molecule has 0 aromatic heterocycles. The smallest absolute Gasteiger partial charge is 0.149 e. The fourth-order valence-electron chi connectivity index (χ4n) is 2.40. The van der Waals surface area contributed by atoms with Gasteiger partial charge in [-0.1, -0.05) is 36.4 Å². The van der Waals surface area contributed by atoms with E-state index in [1.54, 1.807) is 7.11 Å². The van der Waals surface area contributed by atoms with Crippen molar-refractivity contribution < 1.29 is 19.0 Å². The van der Waals surface area contributed by atoms with Gasteiger partial charge in [0.2, 0.25) is 0 Å².